The maximum atomic E-state index is 9.75. The number of halogens is 12. The number of rotatable bonds is 0. The van der Waals surface area contributed by atoms with E-state index in [0.717, 1.165) is 0 Å². The first-order valence-electron chi connectivity index (χ1n) is 3.62. The quantitative estimate of drug-likeness (QED) is 0.471. The monoisotopic (exact) mass is 330 g/mol. The van der Waals surface area contributed by atoms with Crippen molar-refractivity contribution < 1.29 is 103 Å². The molecule has 0 radical (unpaired) electrons. The van der Waals surface area contributed by atoms with Gasteiger partial charge in [0.2, 0.25) is 0 Å². The Morgan fingerprint density at radius 3 is 0.389 bits per heavy atom. The maximum Gasteiger partial charge on any atom is 1.00 e. The first kappa shape index (κ1) is 31.4. The molecule has 110 valence electrons. The minimum atomic E-state index is -6.00. The van der Waals surface area contributed by atoms with Crippen molar-refractivity contribution in [1.82, 2.24) is 0 Å². The van der Waals surface area contributed by atoms with Crippen LogP contribution in [0, 0.1) is 0 Å². The first-order valence-corrected chi connectivity index (χ1v) is 3.62. The van der Waals surface area contributed by atoms with Gasteiger partial charge in [-0.1, -0.05) is 13.8 Å². The maximum absolute atomic E-state index is 9.75. The zero-order chi connectivity index (χ0) is 15.5. The van der Waals surface area contributed by atoms with Gasteiger partial charge in [0.15, 0.2) is 0 Å². The van der Waals surface area contributed by atoms with Crippen LogP contribution in [-0.4, -0.2) is 21.8 Å². The molecule has 0 atom stereocenters. The van der Waals surface area contributed by atoms with Gasteiger partial charge in [-0.2, -0.15) is 0 Å². The Hall–Kier alpha value is 0.991. The molecule has 0 heterocycles. The van der Waals surface area contributed by atoms with E-state index in [4.69, 9.17) is 0 Å². The van der Waals surface area contributed by atoms with Crippen LogP contribution in [0.15, 0.2) is 0 Å². The SMILES string of the molecule is CC.F[B-](F)(F)F.F[B-](F)(F)F.F[B-](F)(F)F.[K+]. The Morgan fingerprint density at radius 2 is 0.389 bits per heavy atom. The predicted octanol–water partition coefficient (Wildman–Crippen LogP) is 1.93. The van der Waals surface area contributed by atoms with Crippen LogP contribution < -0.4 is 51.4 Å². The van der Waals surface area contributed by atoms with Crippen LogP contribution in [0.1, 0.15) is 13.8 Å². The van der Waals surface area contributed by atoms with E-state index >= 15 is 0 Å². The van der Waals surface area contributed by atoms with Gasteiger partial charge in [-0.15, -0.1) is 0 Å². The minimum absolute atomic E-state index is 0. The minimum Gasteiger partial charge on any atom is -0.418 e. The molecule has 16 heteroatoms. The average molecular weight is 330 g/mol. The molecule has 0 aromatic rings. The van der Waals surface area contributed by atoms with E-state index < -0.39 is 21.8 Å². The molecule has 18 heavy (non-hydrogen) atoms. The van der Waals surface area contributed by atoms with E-state index in [0.29, 0.717) is 0 Å². The standard InChI is InChI=1S/C2H6.3BF4.K/c1-2;3*2-1(3,4)5;/h1-2H3;;;;/q;3*-1;+1. The first-order chi connectivity index (χ1) is 7.00. The van der Waals surface area contributed by atoms with Crippen LogP contribution >= 0.6 is 0 Å². The summed E-state index contributed by atoms with van der Waals surface area (Å²) in [5.41, 5.74) is 0. The Morgan fingerprint density at radius 1 is 0.389 bits per heavy atom. The van der Waals surface area contributed by atoms with E-state index in [1.807, 2.05) is 13.8 Å². The summed E-state index contributed by atoms with van der Waals surface area (Å²) in [6.45, 7) is 4.00. The van der Waals surface area contributed by atoms with Gasteiger partial charge in [0.25, 0.3) is 0 Å². The van der Waals surface area contributed by atoms with Crippen molar-refractivity contribution in [1.29, 1.82) is 0 Å². The second-order valence-electron chi connectivity index (χ2n) is 1.48. The third-order valence-corrected chi connectivity index (χ3v) is 0. The third kappa shape index (κ3) is 4420. The Kier molecular flexibility index (Phi) is 25.1. The summed E-state index contributed by atoms with van der Waals surface area (Å²) in [6, 6.07) is 0. The van der Waals surface area contributed by atoms with Crippen molar-refractivity contribution in [3.05, 3.63) is 0 Å². The van der Waals surface area contributed by atoms with E-state index in [2.05, 4.69) is 0 Å². The summed E-state index contributed by atoms with van der Waals surface area (Å²) in [7, 11) is -18.0. The molecule has 0 fully saturated rings. The second kappa shape index (κ2) is 14.4. The Bertz CT molecular complexity index is 100. The molecule has 0 saturated heterocycles. The number of hydrogen-bond donors (Lipinski definition) is 0. The topological polar surface area (TPSA) is 0 Å². The number of hydrogen-bond acceptors (Lipinski definition) is 0. The second-order valence-corrected chi connectivity index (χ2v) is 1.48. The van der Waals surface area contributed by atoms with E-state index in [1.165, 1.54) is 0 Å². The van der Waals surface area contributed by atoms with Gasteiger partial charge >= 0.3 is 73.1 Å². The van der Waals surface area contributed by atoms with E-state index in [9.17, 15) is 51.8 Å². The van der Waals surface area contributed by atoms with Gasteiger partial charge in [-0.3, -0.25) is 0 Å². The zero-order valence-electron chi connectivity index (χ0n) is 9.27. The van der Waals surface area contributed by atoms with Crippen molar-refractivity contribution >= 4 is 21.8 Å². The summed E-state index contributed by atoms with van der Waals surface area (Å²) < 4.78 is 117. The van der Waals surface area contributed by atoms with Crippen LogP contribution in [0.5, 0.6) is 0 Å². The molecule has 0 bridgehead atoms. The molecule has 0 aliphatic carbocycles. The molecule has 0 aliphatic heterocycles. The van der Waals surface area contributed by atoms with Crippen LogP contribution in [0.4, 0.5) is 51.8 Å². The molecule has 0 aliphatic rings. The van der Waals surface area contributed by atoms with Crippen LogP contribution in [-0.2, 0) is 0 Å². The fraction of sp³-hybridized carbons (Fsp3) is 1.00. The molecular weight excluding hydrogens is 324 g/mol. The van der Waals surface area contributed by atoms with Crippen molar-refractivity contribution in [2.24, 2.45) is 0 Å². The van der Waals surface area contributed by atoms with Crippen LogP contribution in [0.2, 0.25) is 0 Å². The summed E-state index contributed by atoms with van der Waals surface area (Å²) in [6.07, 6.45) is 0. The summed E-state index contributed by atoms with van der Waals surface area (Å²) in [5.74, 6) is 0. The van der Waals surface area contributed by atoms with Gasteiger partial charge in [-0.05, 0) is 0 Å². The van der Waals surface area contributed by atoms with Crippen LogP contribution in [0.3, 0.4) is 0 Å². The molecule has 0 nitrogen and oxygen atoms in total. The Labute approximate surface area is 138 Å². The van der Waals surface area contributed by atoms with Crippen molar-refractivity contribution in [2.75, 3.05) is 0 Å². The van der Waals surface area contributed by atoms with Gasteiger partial charge in [0.1, 0.15) is 0 Å². The Balaban J connectivity index is -0.0000000427. The van der Waals surface area contributed by atoms with Crippen molar-refractivity contribution in [3.63, 3.8) is 0 Å². The molecule has 0 N–H and O–H groups in total. The normalized spacial score (nSPS) is 10.3. The van der Waals surface area contributed by atoms with Crippen molar-refractivity contribution in [3.8, 4) is 0 Å². The summed E-state index contributed by atoms with van der Waals surface area (Å²) in [5, 5.41) is 0. The molecule has 0 rings (SSSR count). The third-order valence-electron chi connectivity index (χ3n) is 0. The zero-order valence-corrected chi connectivity index (χ0v) is 12.4. The van der Waals surface area contributed by atoms with Gasteiger partial charge in [-0.25, -0.2) is 0 Å². The largest absolute Gasteiger partial charge is 1.00 e. The summed E-state index contributed by atoms with van der Waals surface area (Å²) >= 11 is 0. The molecule has 0 saturated carbocycles. The smallest absolute Gasteiger partial charge is 0.418 e. The fourth-order valence-corrected chi connectivity index (χ4v) is 0. The van der Waals surface area contributed by atoms with Gasteiger partial charge in [0.05, 0.1) is 0 Å². The average Bonchev–Trinajstić information content (AvgIpc) is 1.77. The molecule has 0 amide bonds. The molecule has 0 aromatic heterocycles. The van der Waals surface area contributed by atoms with Crippen LogP contribution in [0.25, 0.3) is 0 Å². The van der Waals surface area contributed by atoms with Gasteiger partial charge < -0.3 is 51.8 Å². The summed E-state index contributed by atoms with van der Waals surface area (Å²) in [4.78, 5) is 0. The molecule has 0 spiro atoms. The molecule has 0 unspecified atom stereocenters. The van der Waals surface area contributed by atoms with Gasteiger partial charge in [0, 0.05) is 0 Å². The predicted molar refractivity (Wildman–Crippen MR) is 41.9 cm³/mol. The fourth-order valence-electron chi connectivity index (χ4n) is 0. The van der Waals surface area contributed by atoms with E-state index in [1.54, 1.807) is 0 Å². The molecular formula is C2H6B3F12K-2. The molecule has 0 aromatic carbocycles. The van der Waals surface area contributed by atoms with E-state index in [-0.39, 0.29) is 51.4 Å². The van der Waals surface area contributed by atoms with Crippen molar-refractivity contribution in [2.45, 2.75) is 13.8 Å².